The summed E-state index contributed by atoms with van der Waals surface area (Å²) in [5, 5.41) is 4.14. The monoisotopic (exact) mass is 368 g/mol. The second-order valence-corrected chi connectivity index (χ2v) is 6.71. The van der Waals surface area contributed by atoms with Gasteiger partial charge in [-0.15, -0.1) is 0 Å². The SMILES string of the molecule is NS(=O)(=O)C1CC(=O)N(c2ncc(I)cn2)C1. The number of rotatable bonds is 2. The normalized spacial score (nSPS) is 20.9. The molecule has 2 heterocycles. The minimum absolute atomic E-state index is 0.0122. The molecule has 9 heteroatoms. The maximum absolute atomic E-state index is 11.6. The van der Waals surface area contributed by atoms with Crippen LogP contribution in [0.1, 0.15) is 6.42 Å². The van der Waals surface area contributed by atoms with E-state index in [1.807, 2.05) is 22.6 Å². The number of amides is 1. The molecule has 0 aliphatic carbocycles. The molecule has 92 valence electrons. The molecule has 0 radical (unpaired) electrons. The summed E-state index contributed by atoms with van der Waals surface area (Å²) in [5.74, 6) is -0.119. The van der Waals surface area contributed by atoms with Gasteiger partial charge in [0.2, 0.25) is 21.9 Å². The Morgan fingerprint density at radius 3 is 2.47 bits per heavy atom. The molecule has 1 aliphatic rings. The Hall–Kier alpha value is -0.810. The van der Waals surface area contributed by atoms with Crippen LogP contribution in [0, 0.1) is 3.57 Å². The van der Waals surface area contributed by atoms with Crippen molar-refractivity contribution in [1.29, 1.82) is 0 Å². The zero-order valence-electron chi connectivity index (χ0n) is 8.58. The number of carbonyl (C=O) groups excluding carboxylic acids is 1. The van der Waals surface area contributed by atoms with Gasteiger partial charge >= 0.3 is 0 Å². The second kappa shape index (κ2) is 4.46. The lowest BCUT2D eigenvalue weighted by Gasteiger charge is -2.13. The van der Waals surface area contributed by atoms with Gasteiger partial charge in [-0.25, -0.2) is 23.5 Å². The van der Waals surface area contributed by atoms with E-state index in [-0.39, 0.29) is 24.8 Å². The highest BCUT2D eigenvalue weighted by Crippen LogP contribution is 2.20. The van der Waals surface area contributed by atoms with Crippen LogP contribution in [-0.4, -0.2) is 36.1 Å². The maximum atomic E-state index is 11.6. The Balaban J connectivity index is 2.24. The molecule has 0 spiro atoms. The average molecular weight is 368 g/mol. The third kappa shape index (κ3) is 2.72. The van der Waals surface area contributed by atoms with Gasteiger partial charge in [0.1, 0.15) is 5.25 Å². The average Bonchev–Trinajstić information content (AvgIpc) is 2.61. The van der Waals surface area contributed by atoms with Crippen molar-refractivity contribution in [1.82, 2.24) is 9.97 Å². The Bertz CT molecular complexity index is 544. The van der Waals surface area contributed by atoms with Gasteiger partial charge in [0, 0.05) is 28.9 Å². The molecule has 0 aromatic carbocycles. The summed E-state index contributed by atoms with van der Waals surface area (Å²) in [5.41, 5.74) is 0. The Morgan fingerprint density at radius 2 is 2.00 bits per heavy atom. The van der Waals surface area contributed by atoms with Crippen LogP contribution in [0.2, 0.25) is 0 Å². The minimum atomic E-state index is -3.70. The van der Waals surface area contributed by atoms with E-state index in [4.69, 9.17) is 5.14 Å². The second-order valence-electron chi connectivity index (χ2n) is 3.62. The first kappa shape index (κ1) is 12.6. The van der Waals surface area contributed by atoms with Gasteiger partial charge < -0.3 is 0 Å². The van der Waals surface area contributed by atoms with E-state index in [1.54, 1.807) is 12.4 Å². The highest BCUT2D eigenvalue weighted by atomic mass is 127. The number of halogens is 1. The largest absolute Gasteiger partial charge is 0.279 e. The van der Waals surface area contributed by atoms with E-state index < -0.39 is 15.3 Å². The number of sulfonamides is 1. The Morgan fingerprint density at radius 1 is 1.41 bits per heavy atom. The van der Waals surface area contributed by atoms with Crippen molar-refractivity contribution in [2.75, 3.05) is 11.4 Å². The van der Waals surface area contributed by atoms with Gasteiger partial charge in [0.15, 0.2) is 0 Å². The summed E-state index contributed by atoms with van der Waals surface area (Å²) in [6, 6.07) is 0. The van der Waals surface area contributed by atoms with Crippen molar-refractivity contribution in [2.24, 2.45) is 5.14 Å². The van der Waals surface area contributed by atoms with Crippen molar-refractivity contribution in [3.63, 3.8) is 0 Å². The lowest BCUT2D eigenvalue weighted by atomic mass is 10.4. The Labute approximate surface area is 112 Å². The number of hydrogen-bond donors (Lipinski definition) is 1. The van der Waals surface area contributed by atoms with Crippen molar-refractivity contribution in [2.45, 2.75) is 11.7 Å². The van der Waals surface area contributed by atoms with E-state index >= 15 is 0 Å². The van der Waals surface area contributed by atoms with Gasteiger partial charge in [-0.2, -0.15) is 0 Å². The van der Waals surface area contributed by atoms with E-state index in [0.717, 1.165) is 3.57 Å². The Kier molecular flexibility index (Phi) is 3.32. The van der Waals surface area contributed by atoms with Crippen LogP contribution < -0.4 is 10.0 Å². The van der Waals surface area contributed by atoms with Crippen LogP contribution in [-0.2, 0) is 14.8 Å². The van der Waals surface area contributed by atoms with Crippen LogP contribution in [0.15, 0.2) is 12.4 Å². The molecule has 7 nitrogen and oxygen atoms in total. The van der Waals surface area contributed by atoms with Gasteiger partial charge in [-0.1, -0.05) is 0 Å². The summed E-state index contributed by atoms with van der Waals surface area (Å²) >= 11 is 2.04. The molecular weight excluding hydrogens is 359 g/mol. The number of nitrogens with zero attached hydrogens (tertiary/aromatic N) is 3. The van der Waals surface area contributed by atoms with Crippen LogP contribution in [0.5, 0.6) is 0 Å². The molecular formula is C8H9IN4O3S. The van der Waals surface area contributed by atoms with E-state index in [2.05, 4.69) is 9.97 Å². The fourth-order valence-electron chi connectivity index (χ4n) is 1.53. The van der Waals surface area contributed by atoms with Crippen molar-refractivity contribution >= 4 is 44.5 Å². The van der Waals surface area contributed by atoms with Gasteiger partial charge in [0.25, 0.3) is 0 Å². The number of hydrogen-bond acceptors (Lipinski definition) is 5. The predicted molar refractivity (Wildman–Crippen MR) is 68.6 cm³/mol. The smallest absolute Gasteiger partial charge is 0.232 e. The standard InChI is InChI=1S/C8H9IN4O3S/c9-5-2-11-8(12-3-5)13-4-6(1-7(13)14)17(10,15)16/h2-3,6H,1,4H2,(H2,10,15,16). The summed E-state index contributed by atoms with van der Waals surface area (Å²) in [4.78, 5) is 20.8. The first-order chi connectivity index (χ1) is 7.88. The molecule has 2 rings (SSSR count). The minimum Gasteiger partial charge on any atom is -0.279 e. The van der Waals surface area contributed by atoms with Crippen LogP contribution in [0.4, 0.5) is 5.95 Å². The van der Waals surface area contributed by atoms with Gasteiger partial charge in [0.05, 0.1) is 0 Å². The molecule has 1 aromatic heterocycles. The first-order valence-corrected chi connectivity index (χ1v) is 7.36. The van der Waals surface area contributed by atoms with E-state index in [1.165, 1.54) is 4.90 Å². The van der Waals surface area contributed by atoms with Crippen LogP contribution >= 0.6 is 22.6 Å². The molecule has 1 fully saturated rings. The summed E-state index contributed by atoms with van der Waals surface area (Å²) < 4.78 is 23.2. The molecule has 1 saturated heterocycles. The lowest BCUT2D eigenvalue weighted by molar-refractivity contribution is -0.117. The summed E-state index contributed by atoms with van der Waals surface area (Å²) in [7, 11) is -3.70. The third-order valence-corrected chi connectivity index (χ3v) is 4.20. The fraction of sp³-hybridized carbons (Fsp3) is 0.375. The summed E-state index contributed by atoms with van der Waals surface area (Å²) in [6.07, 6.45) is 3.00. The van der Waals surface area contributed by atoms with Crippen molar-refractivity contribution in [3.8, 4) is 0 Å². The zero-order valence-corrected chi connectivity index (χ0v) is 11.6. The van der Waals surface area contributed by atoms with Crippen LogP contribution in [0.25, 0.3) is 0 Å². The number of aromatic nitrogens is 2. The molecule has 1 aliphatic heterocycles. The number of anilines is 1. The molecule has 2 N–H and O–H groups in total. The predicted octanol–water partition coefficient (Wildman–Crippen LogP) is -0.525. The number of primary sulfonamides is 1. The lowest BCUT2D eigenvalue weighted by Crippen LogP contribution is -2.32. The molecule has 1 aromatic rings. The highest BCUT2D eigenvalue weighted by Gasteiger charge is 2.38. The third-order valence-electron chi connectivity index (χ3n) is 2.40. The van der Waals surface area contributed by atoms with Crippen LogP contribution in [0.3, 0.4) is 0 Å². The molecule has 0 bridgehead atoms. The highest BCUT2D eigenvalue weighted by molar-refractivity contribution is 14.1. The first-order valence-electron chi connectivity index (χ1n) is 4.67. The fourth-order valence-corrected chi connectivity index (χ4v) is 2.54. The molecule has 1 unspecified atom stereocenters. The van der Waals surface area contributed by atoms with E-state index in [9.17, 15) is 13.2 Å². The molecule has 1 atom stereocenters. The zero-order chi connectivity index (χ0) is 12.6. The molecule has 0 saturated carbocycles. The maximum Gasteiger partial charge on any atom is 0.232 e. The molecule has 17 heavy (non-hydrogen) atoms. The van der Waals surface area contributed by atoms with E-state index in [0.29, 0.717) is 0 Å². The molecule has 1 amide bonds. The summed E-state index contributed by atoms with van der Waals surface area (Å²) in [6.45, 7) is 0.0122. The quantitative estimate of drug-likeness (QED) is 0.707. The number of carbonyl (C=O) groups is 1. The topological polar surface area (TPSA) is 106 Å². The van der Waals surface area contributed by atoms with Gasteiger partial charge in [-0.05, 0) is 22.6 Å². The number of nitrogens with two attached hydrogens (primary N) is 1. The van der Waals surface area contributed by atoms with Crippen molar-refractivity contribution < 1.29 is 13.2 Å². The van der Waals surface area contributed by atoms with Gasteiger partial charge in [-0.3, -0.25) is 9.69 Å². The van der Waals surface area contributed by atoms with Crippen molar-refractivity contribution in [3.05, 3.63) is 16.0 Å².